The molecule has 8 nitrogen and oxygen atoms in total. The third-order valence-electron chi connectivity index (χ3n) is 5.88. The molecule has 0 bridgehead atoms. The van der Waals surface area contributed by atoms with Crippen LogP contribution in [0.3, 0.4) is 0 Å². The number of β-amino-alcohol motifs (C(OH)–C–C–N with tert-alkyl or cyclic N) is 1. The van der Waals surface area contributed by atoms with Gasteiger partial charge in [0.1, 0.15) is 11.6 Å². The Labute approximate surface area is 176 Å². The quantitative estimate of drug-likeness (QED) is 0.665. The number of rotatable bonds is 3. The van der Waals surface area contributed by atoms with Gasteiger partial charge in [0.2, 0.25) is 0 Å². The molecule has 3 atom stereocenters. The van der Waals surface area contributed by atoms with Crippen LogP contribution in [0, 0.1) is 5.82 Å². The molecule has 30 heavy (non-hydrogen) atoms. The van der Waals surface area contributed by atoms with Gasteiger partial charge < -0.3 is 20.6 Å². The van der Waals surface area contributed by atoms with Crippen molar-refractivity contribution in [3.63, 3.8) is 0 Å². The molecule has 1 aromatic carbocycles. The number of amides is 2. The summed E-state index contributed by atoms with van der Waals surface area (Å²) in [6.45, 7) is 0.955. The maximum Gasteiger partial charge on any atom is 0.315 e. The first kappa shape index (κ1) is 19.1. The summed E-state index contributed by atoms with van der Waals surface area (Å²) in [7, 11) is 0. The van der Waals surface area contributed by atoms with E-state index >= 15 is 0 Å². The van der Waals surface area contributed by atoms with Gasteiger partial charge in [0.05, 0.1) is 30.9 Å². The monoisotopic (exact) mass is 430 g/mol. The summed E-state index contributed by atoms with van der Waals surface area (Å²) in [5.74, 6) is 0.350. The maximum atomic E-state index is 13.9. The van der Waals surface area contributed by atoms with Gasteiger partial charge in [0.25, 0.3) is 0 Å². The third-order valence-corrected chi connectivity index (χ3v) is 6.10. The molecule has 2 aromatic heterocycles. The van der Waals surface area contributed by atoms with E-state index in [2.05, 4.69) is 10.00 Å². The highest BCUT2D eigenvalue weighted by molar-refractivity contribution is 6.30. The van der Waals surface area contributed by atoms with Crippen molar-refractivity contribution >= 4 is 29.1 Å². The molecule has 0 aliphatic carbocycles. The highest BCUT2D eigenvalue weighted by atomic mass is 35.5. The summed E-state index contributed by atoms with van der Waals surface area (Å²) in [4.78, 5) is 19.9. The molecule has 0 spiro atoms. The number of fused-ring (bicyclic) bond motifs is 1. The van der Waals surface area contributed by atoms with Gasteiger partial charge in [0.15, 0.2) is 5.65 Å². The number of likely N-dealkylation sites (tertiary alicyclic amines) is 1. The van der Waals surface area contributed by atoms with Gasteiger partial charge >= 0.3 is 6.03 Å². The van der Waals surface area contributed by atoms with Crippen molar-refractivity contribution < 1.29 is 14.3 Å². The van der Waals surface area contributed by atoms with Crippen molar-refractivity contribution in [2.24, 2.45) is 5.73 Å². The second-order valence-corrected chi connectivity index (χ2v) is 8.15. The van der Waals surface area contributed by atoms with Crippen LogP contribution in [0.5, 0.6) is 0 Å². The van der Waals surface area contributed by atoms with Gasteiger partial charge in [0, 0.05) is 23.3 Å². The fraction of sp³-hybridized carbons (Fsp3) is 0.350. The number of hydrogen-bond acceptors (Lipinski definition) is 5. The van der Waals surface area contributed by atoms with E-state index < -0.39 is 18.2 Å². The highest BCUT2D eigenvalue weighted by Crippen LogP contribution is 2.38. The number of halogens is 2. The van der Waals surface area contributed by atoms with Crippen LogP contribution in [-0.2, 0) is 0 Å². The number of aliphatic hydroxyl groups is 1. The Hall–Kier alpha value is -2.91. The van der Waals surface area contributed by atoms with E-state index in [9.17, 15) is 14.3 Å². The lowest BCUT2D eigenvalue weighted by Crippen LogP contribution is -2.57. The SMILES string of the molecule is NC(=O)N1CC(O)C1c1cnn2ccc(N3CCCC3c3cc(F)cc(Cl)c3)nc12. The summed E-state index contributed by atoms with van der Waals surface area (Å²) >= 11 is 6.06. The van der Waals surface area contributed by atoms with Crippen LogP contribution in [0.2, 0.25) is 5.02 Å². The maximum absolute atomic E-state index is 13.9. The Balaban J connectivity index is 1.52. The molecule has 0 saturated carbocycles. The summed E-state index contributed by atoms with van der Waals surface area (Å²) in [6, 6.07) is 5.23. The summed E-state index contributed by atoms with van der Waals surface area (Å²) in [5.41, 5.74) is 7.41. The summed E-state index contributed by atoms with van der Waals surface area (Å²) in [5, 5.41) is 14.9. The Kier molecular flexibility index (Phi) is 4.52. The number of aliphatic hydroxyl groups excluding tert-OH is 1. The zero-order chi connectivity index (χ0) is 21.0. The average Bonchev–Trinajstić information content (AvgIpc) is 3.32. The van der Waals surface area contributed by atoms with Gasteiger partial charge in [-0.1, -0.05) is 11.6 Å². The van der Waals surface area contributed by atoms with Crippen molar-refractivity contribution in [2.75, 3.05) is 18.0 Å². The number of nitrogens with zero attached hydrogens (tertiary/aromatic N) is 5. The number of aromatic nitrogens is 3. The fourth-order valence-electron chi connectivity index (χ4n) is 4.49. The van der Waals surface area contributed by atoms with E-state index in [0.717, 1.165) is 24.9 Å². The first-order chi connectivity index (χ1) is 14.4. The predicted molar refractivity (Wildman–Crippen MR) is 109 cm³/mol. The van der Waals surface area contributed by atoms with Crippen molar-refractivity contribution in [2.45, 2.75) is 31.0 Å². The third kappa shape index (κ3) is 3.05. The molecule has 2 aliphatic rings. The number of nitrogens with two attached hydrogens (primary N) is 1. The number of carbonyl (C=O) groups is 1. The number of carbonyl (C=O) groups excluding carboxylic acids is 1. The lowest BCUT2D eigenvalue weighted by Gasteiger charge is -2.43. The van der Waals surface area contributed by atoms with Crippen molar-refractivity contribution in [1.29, 1.82) is 0 Å². The molecule has 3 N–H and O–H groups in total. The molecule has 3 aromatic rings. The molecule has 10 heteroatoms. The topological polar surface area (TPSA) is 100.0 Å². The molecule has 156 valence electrons. The molecule has 4 heterocycles. The summed E-state index contributed by atoms with van der Waals surface area (Å²) < 4.78 is 15.5. The van der Waals surface area contributed by atoms with Crippen LogP contribution in [-0.4, -0.2) is 49.8 Å². The second kappa shape index (κ2) is 7.10. The van der Waals surface area contributed by atoms with Gasteiger partial charge in [-0.25, -0.2) is 18.7 Å². The molecular weight excluding hydrogens is 411 g/mol. The normalized spacial score (nSPS) is 23.8. The summed E-state index contributed by atoms with van der Waals surface area (Å²) in [6.07, 6.45) is 4.46. The minimum absolute atomic E-state index is 0.0454. The van der Waals surface area contributed by atoms with Crippen LogP contribution in [0.25, 0.3) is 5.65 Å². The second-order valence-electron chi connectivity index (χ2n) is 7.71. The number of primary amides is 1. The lowest BCUT2D eigenvalue weighted by atomic mass is 9.94. The molecule has 5 rings (SSSR count). The van der Waals surface area contributed by atoms with Crippen LogP contribution >= 0.6 is 11.6 Å². The van der Waals surface area contributed by atoms with Crippen molar-refractivity contribution in [3.05, 3.63) is 58.6 Å². The minimum atomic E-state index is -0.718. The van der Waals surface area contributed by atoms with E-state index in [1.165, 1.54) is 17.0 Å². The van der Waals surface area contributed by atoms with E-state index in [0.29, 0.717) is 22.1 Å². The van der Waals surface area contributed by atoms with Crippen LogP contribution in [0.1, 0.15) is 36.1 Å². The lowest BCUT2D eigenvalue weighted by molar-refractivity contribution is -0.0320. The van der Waals surface area contributed by atoms with Gasteiger partial charge in [-0.2, -0.15) is 5.10 Å². The van der Waals surface area contributed by atoms with Crippen LogP contribution in [0.4, 0.5) is 15.0 Å². The van der Waals surface area contributed by atoms with Crippen LogP contribution in [0.15, 0.2) is 36.7 Å². The van der Waals surface area contributed by atoms with Crippen LogP contribution < -0.4 is 10.6 Å². The molecule has 0 radical (unpaired) electrons. The number of benzene rings is 1. The largest absolute Gasteiger partial charge is 0.389 e. The Morgan fingerprint density at radius 1 is 1.33 bits per heavy atom. The number of anilines is 1. The molecule has 2 fully saturated rings. The first-order valence-electron chi connectivity index (χ1n) is 9.73. The predicted octanol–water partition coefficient (Wildman–Crippen LogP) is 2.66. The van der Waals surface area contributed by atoms with E-state index in [1.54, 1.807) is 23.0 Å². The minimum Gasteiger partial charge on any atom is -0.389 e. The molecule has 2 aliphatic heterocycles. The number of hydrogen-bond donors (Lipinski definition) is 2. The van der Waals surface area contributed by atoms with Gasteiger partial charge in [-0.15, -0.1) is 0 Å². The fourth-order valence-corrected chi connectivity index (χ4v) is 4.72. The standard InChI is InChI=1S/C20H20ClFN6O2/c21-12-6-11(7-13(22)8-12)15-2-1-4-26(15)17-3-5-28-19(25-17)14(9-24-28)18-16(29)10-27(18)20(23)30/h3,5-9,15-16,18,29H,1-2,4,10H2,(H2,23,30). The van der Waals surface area contributed by atoms with Crippen molar-refractivity contribution in [1.82, 2.24) is 19.5 Å². The Morgan fingerprint density at radius 3 is 2.90 bits per heavy atom. The molecule has 2 saturated heterocycles. The molecule has 3 unspecified atom stereocenters. The Bertz CT molecular complexity index is 1120. The zero-order valence-electron chi connectivity index (χ0n) is 15.9. The zero-order valence-corrected chi connectivity index (χ0v) is 16.7. The first-order valence-corrected chi connectivity index (χ1v) is 10.1. The average molecular weight is 431 g/mol. The van der Waals surface area contributed by atoms with E-state index in [1.807, 2.05) is 6.07 Å². The Morgan fingerprint density at radius 2 is 2.17 bits per heavy atom. The van der Waals surface area contributed by atoms with Gasteiger partial charge in [-0.3, -0.25) is 0 Å². The van der Waals surface area contributed by atoms with Gasteiger partial charge in [-0.05, 0) is 42.7 Å². The number of urea groups is 1. The van der Waals surface area contributed by atoms with Crippen molar-refractivity contribution in [3.8, 4) is 0 Å². The van der Waals surface area contributed by atoms with E-state index in [4.69, 9.17) is 22.3 Å². The molecular formula is C20H20ClFN6O2. The van der Waals surface area contributed by atoms with E-state index in [-0.39, 0.29) is 18.4 Å². The smallest absolute Gasteiger partial charge is 0.315 e. The molecule has 2 amide bonds. The highest BCUT2D eigenvalue weighted by Gasteiger charge is 2.43.